The summed E-state index contributed by atoms with van der Waals surface area (Å²) in [5, 5.41) is 2.05. The molecule has 2 aliphatic rings. The Morgan fingerprint density at radius 3 is 2.00 bits per heavy atom. The van der Waals surface area contributed by atoms with Gasteiger partial charge in [-0.3, -0.25) is 0 Å². The van der Waals surface area contributed by atoms with E-state index in [1.54, 1.807) is 0 Å². The third-order valence-electron chi connectivity index (χ3n) is 7.86. The molecule has 1 spiro atoms. The fraction of sp³-hybridized carbons (Fsp3) is 0.0303. The average molecular weight is 466 g/mol. The van der Waals surface area contributed by atoms with Gasteiger partial charge in [0.15, 0.2) is 0 Å². The first kappa shape index (κ1) is 19.3. The number of fused-ring (bicyclic) bond motifs is 12. The van der Waals surface area contributed by atoms with E-state index < -0.39 is 5.41 Å². The molecular formula is C33H20ClN. The minimum Gasteiger partial charge on any atom is -0.309 e. The van der Waals surface area contributed by atoms with Gasteiger partial charge in [-0.2, -0.15) is 0 Å². The summed E-state index contributed by atoms with van der Waals surface area (Å²) in [7, 11) is 0. The fourth-order valence-electron chi connectivity index (χ4n) is 6.68. The van der Waals surface area contributed by atoms with Gasteiger partial charge in [0.2, 0.25) is 0 Å². The van der Waals surface area contributed by atoms with Crippen LogP contribution in [0, 0.1) is 0 Å². The minimum atomic E-state index is -0.414. The van der Waals surface area contributed by atoms with Crippen LogP contribution in [0.25, 0.3) is 39.0 Å². The van der Waals surface area contributed by atoms with Crippen molar-refractivity contribution in [2.24, 2.45) is 0 Å². The lowest BCUT2D eigenvalue weighted by Crippen LogP contribution is -2.25. The molecule has 0 fully saturated rings. The van der Waals surface area contributed by atoms with E-state index in [-0.39, 0.29) is 0 Å². The van der Waals surface area contributed by atoms with Crippen molar-refractivity contribution in [3.05, 3.63) is 149 Å². The summed E-state index contributed by atoms with van der Waals surface area (Å²) >= 11 is 6.70. The summed E-state index contributed by atoms with van der Waals surface area (Å²) < 4.78 is 2.45. The molecule has 1 heterocycles. The lowest BCUT2D eigenvalue weighted by Gasteiger charge is -2.30. The third kappa shape index (κ3) is 2.25. The minimum absolute atomic E-state index is 0.414. The molecule has 2 aliphatic carbocycles. The molecule has 1 atom stereocenters. The molecule has 0 bridgehead atoms. The fourth-order valence-corrected chi connectivity index (χ4v) is 6.85. The first-order valence-corrected chi connectivity index (χ1v) is 12.4. The van der Waals surface area contributed by atoms with Crippen molar-refractivity contribution < 1.29 is 0 Å². The number of nitrogens with zero attached hydrogens (tertiary/aromatic N) is 1. The Hall–Kier alpha value is -4.07. The smallest absolute Gasteiger partial charge is 0.0747 e. The summed E-state index contributed by atoms with van der Waals surface area (Å²) in [5.41, 5.74) is 12.4. The highest BCUT2D eigenvalue weighted by molar-refractivity contribution is 6.31. The Bertz CT molecular complexity index is 1810. The van der Waals surface area contributed by atoms with Gasteiger partial charge in [0.1, 0.15) is 0 Å². The van der Waals surface area contributed by atoms with Gasteiger partial charge in [-0.05, 0) is 58.1 Å². The molecule has 164 valence electrons. The molecule has 0 N–H and O–H groups in total. The molecule has 0 aliphatic heterocycles. The van der Waals surface area contributed by atoms with Gasteiger partial charge in [-0.15, -0.1) is 0 Å². The van der Waals surface area contributed by atoms with E-state index in [0.29, 0.717) is 0 Å². The normalized spacial score (nSPS) is 16.8. The number of para-hydroxylation sites is 2. The van der Waals surface area contributed by atoms with Gasteiger partial charge in [0.25, 0.3) is 0 Å². The van der Waals surface area contributed by atoms with Gasteiger partial charge in [0.05, 0.1) is 16.6 Å². The predicted octanol–water partition coefficient (Wildman–Crippen LogP) is 8.63. The lowest BCUT2D eigenvalue weighted by atomic mass is 9.70. The average Bonchev–Trinajstić information content (AvgIpc) is 3.51. The molecule has 0 saturated carbocycles. The van der Waals surface area contributed by atoms with Crippen LogP contribution < -0.4 is 0 Å². The number of benzene rings is 5. The van der Waals surface area contributed by atoms with Crippen LogP contribution in [0.3, 0.4) is 0 Å². The van der Waals surface area contributed by atoms with E-state index in [4.69, 9.17) is 11.6 Å². The molecule has 0 radical (unpaired) electrons. The zero-order valence-corrected chi connectivity index (χ0v) is 19.6. The second-order valence-corrected chi connectivity index (χ2v) is 9.88. The second-order valence-electron chi connectivity index (χ2n) is 9.44. The van der Waals surface area contributed by atoms with Gasteiger partial charge >= 0.3 is 0 Å². The van der Waals surface area contributed by atoms with Crippen molar-refractivity contribution in [2.45, 2.75) is 5.41 Å². The zero-order valence-electron chi connectivity index (χ0n) is 18.9. The number of aromatic nitrogens is 1. The maximum absolute atomic E-state index is 6.70. The Kier molecular flexibility index (Phi) is 3.71. The first-order valence-electron chi connectivity index (χ1n) is 12.0. The van der Waals surface area contributed by atoms with Crippen molar-refractivity contribution in [2.75, 3.05) is 0 Å². The summed E-state index contributed by atoms with van der Waals surface area (Å²) in [5.74, 6) is 0. The Labute approximate surface area is 208 Å². The summed E-state index contributed by atoms with van der Waals surface area (Å²) in [6, 6.07) is 43.8. The van der Waals surface area contributed by atoms with E-state index in [1.165, 1.54) is 61.2 Å². The molecule has 5 aromatic carbocycles. The van der Waals surface area contributed by atoms with Crippen LogP contribution in [-0.4, -0.2) is 4.57 Å². The largest absolute Gasteiger partial charge is 0.309 e. The number of halogens is 1. The second kappa shape index (κ2) is 6.75. The highest BCUT2D eigenvalue weighted by Gasteiger charge is 2.54. The number of rotatable bonds is 1. The summed E-state index contributed by atoms with van der Waals surface area (Å²) in [6.45, 7) is 0. The monoisotopic (exact) mass is 465 g/mol. The Morgan fingerprint density at radius 1 is 0.543 bits per heavy atom. The molecule has 0 saturated heterocycles. The number of hydrogen-bond acceptors (Lipinski definition) is 0. The van der Waals surface area contributed by atoms with Crippen molar-refractivity contribution in [1.82, 2.24) is 4.57 Å². The molecular weight excluding hydrogens is 446 g/mol. The highest BCUT2D eigenvalue weighted by atomic mass is 35.5. The van der Waals surface area contributed by atoms with Crippen LogP contribution in [0.4, 0.5) is 0 Å². The maximum atomic E-state index is 6.70. The van der Waals surface area contributed by atoms with E-state index in [9.17, 15) is 0 Å². The topological polar surface area (TPSA) is 4.93 Å². The molecule has 0 amide bonds. The van der Waals surface area contributed by atoms with Crippen molar-refractivity contribution >= 4 is 22.5 Å². The quantitative estimate of drug-likeness (QED) is 0.228. The SMILES string of the molecule is Clc1ccc2c(c1)C1(c3ccccc3-2)c2ccccc2-c2c1c1ccccc1n2-c1ccccc1. The van der Waals surface area contributed by atoms with E-state index in [0.717, 1.165) is 5.02 Å². The summed E-state index contributed by atoms with van der Waals surface area (Å²) in [4.78, 5) is 0. The van der Waals surface area contributed by atoms with E-state index in [2.05, 4.69) is 120 Å². The summed E-state index contributed by atoms with van der Waals surface area (Å²) in [6.07, 6.45) is 0. The molecule has 1 nitrogen and oxygen atoms in total. The Balaban J connectivity index is 1.65. The predicted molar refractivity (Wildman–Crippen MR) is 145 cm³/mol. The van der Waals surface area contributed by atoms with Gasteiger partial charge in [-0.1, -0.05) is 103 Å². The van der Waals surface area contributed by atoms with Crippen LogP contribution in [0.1, 0.15) is 22.3 Å². The van der Waals surface area contributed by atoms with Gasteiger partial charge in [-0.25, -0.2) is 0 Å². The van der Waals surface area contributed by atoms with Gasteiger partial charge in [0, 0.05) is 27.2 Å². The van der Waals surface area contributed by atoms with Crippen molar-refractivity contribution in [3.8, 4) is 28.1 Å². The lowest BCUT2D eigenvalue weighted by molar-refractivity contribution is 0.801. The first-order chi connectivity index (χ1) is 17.3. The highest BCUT2D eigenvalue weighted by Crippen LogP contribution is 2.65. The Morgan fingerprint density at radius 2 is 1.17 bits per heavy atom. The third-order valence-corrected chi connectivity index (χ3v) is 8.09. The molecule has 35 heavy (non-hydrogen) atoms. The molecule has 1 unspecified atom stereocenters. The molecule has 8 rings (SSSR count). The van der Waals surface area contributed by atoms with Crippen LogP contribution in [0.5, 0.6) is 0 Å². The van der Waals surface area contributed by atoms with Crippen LogP contribution in [-0.2, 0) is 5.41 Å². The van der Waals surface area contributed by atoms with Crippen LogP contribution in [0.15, 0.2) is 121 Å². The number of hydrogen-bond donors (Lipinski definition) is 0. The standard InChI is InChI=1S/C33H20ClN/c34-21-18-19-24-23-12-4-7-15-27(23)33(29(24)20-21)28-16-8-5-13-25(28)32-31(33)26-14-6-9-17-30(26)35(32)22-10-2-1-3-11-22/h1-20H. The maximum Gasteiger partial charge on any atom is 0.0747 e. The van der Waals surface area contributed by atoms with Gasteiger partial charge < -0.3 is 4.57 Å². The van der Waals surface area contributed by atoms with Crippen molar-refractivity contribution in [1.29, 1.82) is 0 Å². The van der Waals surface area contributed by atoms with Crippen LogP contribution in [0.2, 0.25) is 5.02 Å². The molecule has 6 aromatic rings. The van der Waals surface area contributed by atoms with E-state index >= 15 is 0 Å². The van der Waals surface area contributed by atoms with E-state index in [1.807, 2.05) is 6.07 Å². The van der Waals surface area contributed by atoms with Crippen molar-refractivity contribution in [3.63, 3.8) is 0 Å². The molecule has 2 heteroatoms. The zero-order chi connectivity index (χ0) is 23.1. The molecule has 1 aromatic heterocycles. The van der Waals surface area contributed by atoms with Crippen LogP contribution >= 0.6 is 11.6 Å².